The first-order chi connectivity index (χ1) is 10.0. The molecule has 1 aliphatic rings. The fourth-order valence-corrected chi connectivity index (χ4v) is 3.45. The van der Waals surface area contributed by atoms with E-state index in [0.29, 0.717) is 5.75 Å². The summed E-state index contributed by atoms with van der Waals surface area (Å²) < 4.78 is 5.32. The number of aromatic nitrogens is 2. The lowest BCUT2D eigenvalue weighted by Crippen LogP contribution is -2.42. The summed E-state index contributed by atoms with van der Waals surface area (Å²) in [5.41, 5.74) is -0.342. The van der Waals surface area contributed by atoms with Gasteiger partial charge in [-0.3, -0.25) is 9.59 Å². The Morgan fingerprint density at radius 2 is 2.33 bits per heavy atom. The zero-order valence-corrected chi connectivity index (χ0v) is 11.8. The van der Waals surface area contributed by atoms with Gasteiger partial charge in [0.25, 0.3) is 11.5 Å². The molecule has 0 spiro atoms. The van der Waals surface area contributed by atoms with Gasteiger partial charge in [0.1, 0.15) is 17.2 Å². The van der Waals surface area contributed by atoms with E-state index in [-0.39, 0.29) is 28.3 Å². The van der Waals surface area contributed by atoms with Crippen LogP contribution in [0.25, 0.3) is 11.1 Å². The summed E-state index contributed by atoms with van der Waals surface area (Å²) in [7, 11) is 0. The number of carbonyl (C=O) groups is 2. The molecular formula is C12H11N3O5S. The van der Waals surface area contributed by atoms with Gasteiger partial charge < -0.3 is 19.4 Å². The molecule has 0 radical (unpaired) electrons. The molecule has 0 aliphatic carbocycles. The lowest BCUT2D eigenvalue weighted by molar-refractivity contribution is -0.140. The number of aryl methyl sites for hydroxylation is 1. The van der Waals surface area contributed by atoms with Crippen LogP contribution in [0.1, 0.15) is 16.1 Å². The summed E-state index contributed by atoms with van der Waals surface area (Å²) in [6, 6.07) is -0.900. The molecule has 1 amide bonds. The molecule has 21 heavy (non-hydrogen) atoms. The van der Waals surface area contributed by atoms with Crippen molar-refractivity contribution in [2.24, 2.45) is 0 Å². The number of furan rings is 1. The van der Waals surface area contributed by atoms with E-state index in [0.717, 1.165) is 0 Å². The number of carboxylic acids is 1. The minimum absolute atomic E-state index is 0.0565. The van der Waals surface area contributed by atoms with E-state index in [9.17, 15) is 14.4 Å². The summed E-state index contributed by atoms with van der Waals surface area (Å²) in [6.45, 7) is 1.55. The number of thioether (sulfide) groups is 1. The number of rotatable bonds is 2. The maximum absolute atomic E-state index is 12.6. The Bertz CT molecular complexity index is 796. The lowest BCUT2D eigenvalue weighted by Gasteiger charge is -2.20. The summed E-state index contributed by atoms with van der Waals surface area (Å²) in [5.74, 6) is -0.752. The van der Waals surface area contributed by atoms with E-state index >= 15 is 0 Å². The van der Waals surface area contributed by atoms with E-state index in [4.69, 9.17) is 9.52 Å². The number of carbonyl (C=O) groups excluding carboxylic acids is 1. The number of hydrogen-bond donors (Lipinski definition) is 2. The van der Waals surface area contributed by atoms with Gasteiger partial charge in [-0.25, -0.2) is 9.78 Å². The number of carboxylic acid groups (broad SMARTS) is 1. The zero-order chi connectivity index (χ0) is 15.1. The van der Waals surface area contributed by atoms with Crippen LogP contribution in [0.5, 0.6) is 0 Å². The molecule has 0 aromatic carbocycles. The smallest absolute Gasteiger partial charge is 0.327 e. The van der Waals surface area contributed by atoms with Crippen molar-refractivity contribution in [2.75, 3.05) is 11.6 Å². The minimum Gasteiger partial charge on any atom is -0.480 e. The Morgan fingerprint density at radius 3 is 3.05 bits per heavy atom. The molecule has 2 N–H and O–H groups in total. The average molecular weight is 309 g/mol. The largest absolute Gasteiger partial charge is 0.480 e. The molecule has 1 unspecified atom stereocenters. The van der Waals surface area contributed by atoms with Crippen molar-refractivity contribution in [3.05, 3.63) is 28.0 Å². The van der Waals surface area contributed by atoms with Gasteiger partial charge in [-0.15, -0.1) is 11.8 Å². The molecule has 110 valence electrons. The first-order valence-corrected chi connectivity index (χ1v) is 7.24. The van der Waals surface area contributed by atoms with E-state index in [1.165, 1.54) is 23.0 Å². The molecular weight excluding hydrogens is 298 g/mol. The van der Waals surface area contributed by atoms with Crippen LogP contribution in [0.4, 0.5) is 0 Å². The number of fused-ring (bicyclic) bond motifs is 1. The monoisotopic (exact) mass is 309 g/mol. The Hall–Kier alpha value is -2.29. The van der Waals surface area contributed by atoms with Crippen molar-refractivity contribution in [3.63, 3.8) is 0 Å². The van der Waals surface area contributed by atoms with Gasteiger partial charge in [0, 0.05) is 5.75 Å². The van der Waals surface area contributed by atoms with Crippen molar-refractivity contribution in [1.82, 2.24) is 14.9 Å². The van der Waals surface area contributed by atoms with E-state index in [1.807, 2.05) is 0 Å². The quantitative estimate of drug-likeness (QED) is 0.825. The second kappa shape index (κ2) is 4.92. The molecule has 2 aromatic heterocycles. The number of aliphatic carboxylic acids is 1. The van der Waals surface area contributed by atoms with Gasteiger partial charge in [-0.05, 0) is 6.92 Å². The van der Waals surface area contributed by atoms with Crippen molar-refractivity contribution >= 4 is 34.7 Å². The molecule has 0 saturated carbocycles. The topological polar surface area (TPSA) is 117 Å². The van der Waals surface area contributed by atoms with Crippen LogP contribution < -0.4 is 5.56 Å². The van der Waals surface area contributed by atoms with Gasteiger partial charge >= 0.3 is 5.97 Å². The van der Waals surface area contributed by atoms with Gasteiger partial charge in [0.15, 0.2) is 0 Å². The van der Waals surface area contributed by atoms with Crippen LogP contribution in [0.2, 0.25) is 0 Å². The molecule has 8 nitrogen and oxygen atoms in total. The highest BCUT2D eigenvalue weighted by molar-refractivity contribution is 7.99. The summed E-state index contributed by atoms with van der Waals surface area (Å²) in [4.78, 5) is 43.2. The Kier molecular flexibility index (Phi) is 3.20. The summed E-state index contributed by atoms with van der Waals surface area (Å²) in [5, 5.41) is 9.21. The predicted molar refractivity (Wildman–Crippen MR) is 74.3 cm³/mol. The average Bonchev–Trinajstić information content (AvgIpc) is 3.02. The third kappa shape index (κ3) is 2.09. The Labute approximate surface area is 122 Å². The van der Waals surface area contributed by atoms with E-state index in [1.54, 1.807) is 6.92 Å². The van der Waals surface area contributed by atoms with Gasteiger partial charge in [0.05, 0.1) is 17.8 Å². The molecule has 2 aromatic rings. The van der Waals surface area contributed by atoms with Crippen LogP contribution in [-0.4, -0.2) is 49.5 Å². The summed E-state index contributed by atoms with van der Waals surface area (Å²) in [6.07, 6.45) is 1.19. The zero-order valence-electron chi connectivity index (χ0n) is 11.0. The third-order valence-corrected chi connectivity index (χ3v) is 4.32. The highest BCUT2D eigenvalue weighted by Crippen LogP contribution is 2.27. The number of H-pyrrole nitrogens is 1. The maximum Gasteiger partial charge on any atom is 0.327 e. The normalized spacial score (nSPS) is 18.3. The van der Waals surface area contributed by atoms with Crippen molar-refractivity contribution in [1.29, 1.82) is 0 Å². The SMILES string of the molecule is Cc1oc2nc[nH]c(=O)c2c1C(=O)N1CSCC1C(=O)O. The molecule has 3 rings (SSSR count). The van der Waals surface area contributed by atoms with Gasteiger partial charge in [-0.1, -0.05) is 0 Å². The number of nitrogens with one attached hydrogen (secondary N) is 1. The second-order valence-corrected chi connectivity index (χ2v) is 5.57. The van der Waals surface area contributed by atoms with Gasteiger partial charge in [0.2, 0.25) is 5.71 Å². The minimum atomic E-state index is -1.06. The molecule has 1 saturated heterocycles. The second-order valence-electron chi connectivity index (χ2n) is 4.57. The van der Waals surface area contributed by atoms with Crippen LogP contribution in [0, 0.1) is 6.92 Å². The molecule has 1 atom stereocenters. The van der Waals surface area contributed by atoms with Crippen molar-refractivity contribution in [3.8, 4) is 0 Å². The van der Waals surface area contributed by atoms with E-state index in [2.05, 4.69) is 9.97 Å². The van der Waals surface area contributed by atoms with Gasteiger partial charge in [-0.2, -0.15) is 0 Å². The molecule has 9 heteroatoms. The van der Waals surface area contributed by atoms with Crippen LogP contribution in [0.15, 0.2) is 15.5 Å². The number of nitrogens with zero attached hydrogens (tertiary/aromatic N) is 2. The van der Waals surface area contributed by atoms with Crippen molar-refractivity contribution in [2.45, 2.75) is 13.0 Å². The highest BCUT2D eigenvalue weighted by atomic mass is 32.2. The van der Waals surface area contributed by atoms with Crippen LogP contribution in [-0.2, 0) is 4.79 Å². The first kappa shape index (κ1) is 13.7. The maximum atomic E-state index is 12.6. The molecule has 3 heterocycles. The lowest BCUT2D eigenvalue weighted by atomic mass is 10.1. The fraction of sp³-hybridized carbons (Fsp3) is 0.333. The van der Waals surface area contributed by atoms with Crippen LogP contribution in [0.3, 0.4) is 0 Å². The van der Waals surface area contributed by atoms with Crippen molar-refractivity contribution < 1.29 is 19.1 Å². The van der Waals surface area contributed by atoms with Crippen LogP contribution >= 0.6 is 11.8 Å². The Balaban J connectivity index is 2.12. The molecule has 1 aliphatic heterocycles. The number of hydrogen-bond acceptors (Lipinski definition) is 6. The standard InChI is InChI=1S/C12H11N3O5S/c1-5-7(8-9(16)13-3-14-10(8)20-5)11(17)15-4-21-2-6(15)12(18)19/h3,6H,2,4H2,1H3,(H,18,19)(H,13,14,16). The third-order valence-electron chi connectivity index (χ3n) is 3.31. The first-order valence-electron chi connectivity index (χ1n) is 6.09. The fourth-order valence-electron chi connectivity index (χ4n) is 2.30. The Morgan fingerprint density at radius 1 is 1.57 bits per heavy atom. The molecule has 1 fully saturated rings. The number of amides is 1. The summed E-state index contributed by atoms with van der Waals surface area (Å²) >= 11 is 1.35. The predicted octanol–water partition coefficient (Wildman–Crippen LogP) is 0.424. The molecule has 0 bridgehead atoms. The van der Waals surface area contributed by atoms with E-state index < -0.39 is 23.5 Å². The number of aromatic amines is 1. The highest BCUT2D eigenvalue weighted by Gasteiger charge is 2.37.